The molecule has 2 heterocycles. The second-order valence-electron chi connectivity index (χ2n) is 6.62. The highest BCUT2D eigenvalue weighted by atomic mass is 35.5. The van der Waals surface area contributed by atoms with Crippen LogP contribution >= 0.6 is 23.2 Å². The molecule has 2 aromatic carbocycles. The molecular formula is C21H19Cl2N3O3. The van der Waals surface area contributed by atoms with Crippen molar-refractivity contribution in [3.8, 4) is 0 Å². The number of anilines is 2. The van der Waals surface area contributed by atoms with Crippen LogP contribution in [0.4, 0.5) is 11.4 Å². The molecule has 0 saturated carbocycles. The minimum Gasteiger partial charge on any atom is -0.465 e. The Balaban J connectivity index is 1.87. The second kappa shape index (κ2) is 8.55. The predicted molar refractivity (Wildman–Crippen MR) is 114 cm³/mol. The highest BCUT2D eigenvalue weighted by Crippen LogP contribution is 2.37. The van der Waals surface area contributed by atoms with Crippen molar-refractivity contribution >= 4 is 51.4 Å². The molecule has 1 aliphatic rings. The maximum Gasteiger partial charge on any atom is 0.340 e. The topological polar surface area (TPSA) is 72.5 Å². The van der Waals surface area contributed by atoms with E-state index in [1.165, 1.54) is 7.11 Å². The molecule has 1 fully saturated rings. The summed E-state index contributed by atoms with van der Waals surface area (Å²) in [5.41, 5.74) is 3.33. The third-order valence-electron chi connectivity index (χ3n) is 4.78. The van der Waals surface area contributed by atoms with Gasteiger partial charge < -0.3 is 20.1 Å². The van der Waals surface area contributed by atoms with Crippen LogP contribution in [0.2, 0.25) is 10.0 Å². The average molecular weight is 432 g/mol. The summed E-state index contributed by atoms with van der Waals surface area (Å²) in [6.45, 7) is 2.06. The average Bonchev–Trinajstić information content (AvgIpc) is 2.75. The van der Waals surface area contributed by atoms with E-state index >= 15 is 0 Å². The first-order valence-electron chi connectivity index (χ1n) is 9.12. The van der Waals surface area contributed by atoms with E-state index in [9.17, 15) is 4.79 Å². The highest BCUT2D eigenvalue weighted by Gasteiger charge is 2.23. The molecule has 8 heteroatoms. The zero-order chi connectivity index (χ0) is 20.4. The van der Waals surface area contributed by atoms with Gasteiger partial charge in [0.25, 0.3) is 0 Å². The zero-order valence-electron chi connectivity index (χ0n) is 15.7. The fourth-order valence-electron chi connectivity index (χ4n) is 3.37. The van der Waals surface area contributed by atoms with Gasteiger partial charge in [0.15, 0.2) is 0 Å². The minimum atomic E-state index is -0.483. The molecule has 1 atom stereocenters. The monoisotopic (exact) mass is 431 g/mol. The largest absolute Gasteiger partial charge is 0.465 e. The molecule has 1 aromatic heterocycles. The summed E-state index contributed by atoms with van der Waals surface area (Å²) in [5, 5.41) is 8.58. The Bertz CT molecular complexity index is 1070. The Morgan fingerprint density at radius 1 is 1.24 bits per heavy atom. The van der Waals surface area contributed by atoms with Crippen LogP contribution in [0.5, 0.6) is 0 Å². The first-order chi connectivity index (χ1) is 14.1. The van der Waals surface area contributed by atoms with Crippen molar-refractivity contribution in [2.24, 2.45) is 0 Å². The van der Waals surface area contributed by atoms with Gasteiger partial charge in [0.05, 0.1) is 42.3 Å². The van der Waals surface area contributed by atoms with Crippen molar-refractivity contribution in [2.45, 2.75) is 6.10 Å². The number of hydrogen-bond donors (Lipinski definition) is 2. The minimum absolute atomic E-state index is 0.184. The van der Waals surface area contributed by atoms with Gasteiger partial charge in [0.1, 0.15) is 0 Å². The Hall–Kier alpha value is -2.38. The molecule has 2 N–H and O–H groups in total. The molecule has 0 aliphatic carbocycles. The summed E-state index contributed by atoms with van der Waals surface area (Å²) in [6, 6.07) is 10.5. The number of fused-ring (bicyclic) bond motifs is 1. The number of ether oxygens (including phenoxy) is 2. The molecule has 29 heavy (non-hydrogen) atoms. The molecule has 1 unspecified atom stereocenters. The lowest BCUT2D eigenvalue weighted by molar-refractivity contribution is 0.0280. The maximum absolute atomic E-state index is 12.3. The lowest BCUT2D eigenvalue weighted by Gasteiger charge is -2.27. The first kappa shape index (κ1) is 19.9. The van der Waals surface area contributed by atoms with Gasteiger partial charge in [0.2, 0.25) is 0 Å². The van der Waals surface area contributed by atoms with Gasteiger partial charge in [0, 0.05) is 40.3 Å². The van der Waals surface area contributed by atoms with Crippen LogP contribution in [-0.4, -0.2) is 37.8 Å². The van der Waals surface area contributed by atoms with E-state index in [0.717, 1.165) is 28.7 Å². The van der Waals surface area contributed by atoms with Crippen LogP contribution in [0.3, 0.4) is 0 Å². The first-order valence-corrected chi connectivity index (χ1v) is 9.88. The molecule has 1 aliphatic heterocycles. The number of nitrogens with zero attached hydrogens (tertiary/aromatic N) is 1. The molecule has 4 rings (SSSR count). The smallest absolute Gasteiger partial charge is 0.340 e. The van der Waals surface area contributed by atoms with Crippen molar-refractivity contribution < 1.29 is 14.3 Å². The molecule has 150 valence electrons. The van der Waals surface area contributed by atoms with E-state index in [-0.39, 0.29) is 6.10 Å². The third-order valence-corrected chi connectivity index (χ3v) is 5.25. The Morgan fingerprint density at radius 2 is 2.03 bits per heavy atom. The SMILES string of the molecule is COC(=O)c1cc(Cl)ccc1Nc1c(C2CNCCO2)cnc2ccc(Cl)cc12. The van der Waals surface area contributed by atoms with Crippen molar-refractivity contribution in [3.63, 3.8) is 0 Å². The summed E-state index contributed by atoms with van der Waals surface area (Å²) in [5.74, 6) is -0.483. The number of carbonyl (C=O) groups is 1. The van der Waals surface area contributed by atoms with Gasteiger partial charge in [-0.25, -0.2) is 4.79 Å². The van der Waals surface area contributed by atoms with Crippen molar-refractivity contribution in [2.75, 3.05) is 32.1 Å². The summed E-state index contributed by atoms with van der Waals surface area (Å²) < 4.78 is 10.9. The van der Waals surface area contributed by atoms with E-state index in [4.69, 9.17) is 32.7 Å². The maximum atomic E-state index is 12.3. The normalized spacial score (nSPS) is 16.6. The number of pyridine rings is 1. The number of rotatable bonds is 4. The number of halogens is 2. The van der Waals surface area contributed by atoms with Crippen LogP contribution < -0.4 is 10.6 Å². The van der Waals surface area contributed by atoms with Gasteiger partial charge in [-0.2, -0.15) is 0 Å². The molecular weight excluding hydrogens is 413 g/mol. The zero-order valence-corrected chi connectivity index (χ0v) is 17.2. The molecule has 1 saturated heterocycles. The van der Waals surface area contributed by atoms with Crippen LogP contribution in [0, 0.1) is 0 Å². The molecule has 0 amide bonds. The van der Waals surface area contributed by atoms with E-state index in [1.807, 2.05) is 12.1 Å². The highest BCUT2D eigenvalue weighted by molar-refractivity contribution is 6.31. The number of nitrogens with one attached hydrogen (secondary N) is 2. The summed E-state index contributed by atoms with van der Waals surface area (Å²) in [4.78, 5) is 16.9. The fraction of sp³-hybridized carbons (Fsp3) is 0.238. The number of aromatic nitrogens is 1. The van der Waals surface area contributed by atoms with Crippen molar-refractivity contribution in [1.29, 1.82) is 0 Å². The fourth-order valence-corrected chi connectivity index (χ4v) is 3.71. The van der Waals surface area contributed by atoms with E-state index in [1.54, 1.807) is 30.5 Å². The van der Waals surface area contributed by atoms with Crippen LogP contribution in [-0.2, 0) is 9.47 Å². The van der Waals surface area contributed by atoms with Crippen LogP contribution in [0.15, 0.2) is 42.6 Å². The van der Waals surface area contributed by atoms with E-state index < -0.39 is 5.97 Å². The lowest BCUT2D eigenvalue weighted by atomic mass is 10.0. The predicted octanol–water partition coefficient (Wildman–Crippen LogP) is 4.73. The molecule has 6 nitrogen and oxygen atoms in total. The molecule has 0 bridgehead atoms. The number of carbonyl (C=O) groups excluding carboxylic acids is 1. The lowest BCUT2D eigenvalue weighted by Crippen LogP contribution is -2.33. The van der Waals surface area contributed by atoms with E-state index in [2.05, 4.69) is 15.6 Å². The second-order valence-corrected chi connectivity index (χ2v) is 7.49. The standard InChI is InChI=1S/C21H19Cl2N3O3/c1-28-21(27)15-9-13(23)3-5-18(15)26-20-14-8-12(22)2-4-17(14)25-10-16(20)19-11-24-6-7-29-19/h2-5,8-10,19,24H,6-7,11H2,1H3,(H,25,26). The third kappa shape index (κ3) is 4.16. The van der Waals surface area contributed by atoms with Crippen molar-refractivity contribution in [1.82, 2.24) is 10.3 Å². The molecule has 0 spiro atoms. The molecule has 3 aromatic rings. The number of hydrogen-bond acceptors (Lipinski definition) is 6. The van der Waals surface area contributed by atoms with Gasteiger partial charge in [-0.05, 0) is 36.4 Å². The Labute approximate surface area is 178 Å². The quantitative estimate of drug-likeness (QED) is 0.581. The summed E-state index contributed by atoms with van der Waals surface area (Å²) in [7, 11) is 1.33. The number of esters is 1. The number of morpholine rings is 1. The molecule has 0 radical (unpaired) electrons. The Morgan fingerprint density at radius 3 is 2.79 bits per heavy atom. The Kier molecular flexibility index (Phi) is 5.87. The van der Waals surface area contributed by atoms with Gasteiger partial charge in [-0.15, -0.1) is 0 Å². The van der Waals surface area contributed by atoms with E-state index in [0.29, 0.717) is 34.4 Å². The van der Waals surface area contributed by atoms with Gasteiger partial charge in [-0.1, -0.05) is 23.2 Å². The van der Waals surface area contributed by atoms with Gasteiger partial charge >= 0.3 is 5.97 Å². The van der Waals surface area contributed by atoms with Crippen molar-refractivity contribution in [3.05, 3.63) is 63.8 Å². The number of benzene rings is 2. The summed E-state index contributed by atoms with van der Waals surface area (Å²) in [6.07, 6.45) is 1.61. The van der Waals surface area contributed by atoms with Crippen LogP contribution in [0.1, 0.15) is 22.0 Å². The van der Waals surface area contributed by atoms with Crippen LogP contribution in [0.25, 0.3) is 10.9 Å². The van der Waals surface area contributed by atoms with Gasteiger partial charge in [-0.3, -0.25) is 4.98 Å². The number of methoxy groups -OCH3 is 1. The summed E-state index contributed by atoms with van der Waals surface area (Å²) >= 11 is 12.4.